The number of benzene rings is 1. The lowest BCUT2D eigenvalue weighted by Crippen LogP contribution is -2.52. The van der Waals surface area contributed by atoms with Crippen LogP contribution in [0.5, 0.6) is 0 Å². The van der Waals surface area contributed by atoms with Crippen LogP contribution in [0.15, 0.2) is 24.3 Å². The molecule has 1 aliphatic heterocycles. The van der Waals surface area contributed by atoms with Gasteiger partial charge >= 0.3 is 0 Å². The predicted octanol–water partition coefficient (Wildman–Crippen LogP) is 1.34. The van der Waals surface area contributed by atoms with Gasteiger partial charge in [0.2, 0.25) is 5.91 Å². The van der Waals surface area contributed by atoms with Crippen LogP contribution >= 0.6 is 11.6 Å². The average Bonchev–Trinajstić information content (AvgIpc) is 2.39. The average molecular weight is 268 g/mol. The Balaban J connectivity index is 1.94. The minimum Gasteiger partial charge on any atom is -0.368 e. The van der Waals surface area contributed by atoms with Gasteiger partial charge in [0.25, 0.3) is 0 Å². The van der Waals surface area contributed by atoms with Crippen molar-refractivity contribution in [1.29, 1.82) is 0 Å². The lowest BCUT2D eigenvalue weighted by atomic mass is 10.2. The first-order chi connectivity index (χ1) is 8.58. The summed E-state index contributed by atoms with van der Waals surface area (Å²) in [4.78, 5) is 15.8. The van der Waals surface area contributed by atoms with Gasteiger partial charge in [-0.05, 0) is 31.2 Å². The minimum atomic E-state index is -0.410. The molecule has 0 radical (unpaired) electrons. The van der Waals surface area contributed by atoms with Crippen molar-refractivity contribution in [2.75, 3.05) is 31.1 Å². The summed E-state index contributed by atoms with van der Waals surface area (Å²) in [7, 11) is 0. The third kappa shape index (κ3) is 2.94. The van der Waals surface area contributed by atoms with Crippen LogP contribution in [0.3, 0.4) is 0 Å². The lowest BCUT2D eigenvalue weighted by molar-refractivity contribution is -0.132. The van der Waals surface area contributed by atoms with Crippen LogP contribution in [0.1, 0.15) is 6.92 Å². The molecule has 1 saturated heterocycles. The van der Waals surface area contributed by atoms with E-state index in [9.17, 15) is 4.79 Å². The van der Waals surface area contributed by atoms with Crippen molar-refractivity contribution in [3.05, 3.63) is 29.3 Å². The Morgan fingerprint density at radius 3 is 2.28 bits per heavy atom. The first kappa shape index (κ1) is 13.2. The second kappa shape index (κ2) is 5.59. The summed E-state index contributed by atoms with van der Waals surface area (Å²) in [5.74, 6) is 0.0331. The van der Waals surface area contributed by atoms with Crippen molar-refractivity contribution in [1.82, 2.24) is 4.90 Å². The Kier molecular flexibility index (Phi) is 4.09. The van der Waals surface area contributed by atoms with Gasteiger partial charge in [0.05, 0.1) is 6.04 Å². The second-order valence-corrected chi connectivity index (χ2v) is 5.01. The van der Waals surface area contributed by atoms with Crippen LogP contribution in [0.4, 0.5) is 5.69 Å². The standard InChI is InChI=1S/C13H18ClN3O/c1-10(15)13(18)17-8-6-16(7-9-17)12-4-2-11(14)3-5-12/h2-5,10H,6-9,15H2,1H3/t10-/m1/s1. The Bertz CT molecular complexity index is 411. The molecular weight excluding hydrogens is 250 g/mol. The van der Waals surface area contributed by atoms with Gasteiger partial charge < -0.3 is 15.5 Å². The fraction of sp³-hybridized carbons (Fsp3) is 0.462. The number of hydrogen-bond acceptors (Lipinski definition) is 3. The molecule has 0 aliphatic carbocycles. The van der Waals surface area contributed by atoms with Crippen molar-refractivity contribution >= 4 is 23.2 Å². The number of nitrogens with zero attached hydrogens (tertiary/aromatic N) is 2. The highest BCUT2D eigenvalue weighted by Crippen LogP contribution is 2.19. The SMILES string of the molecule is C[C@@H](N)C(=O)N1CCN(c2ccc(Cl)cc2)CC1. The number of nitrogens with two attached hydrogens (primary N) is 1. The highest BCUT2D eigenvalue weighted by Gasteiger charge is 2.22. The van der Waals surface area contributed by atoms with Gasteiger partial charge in [-0.15, -0.1) is 0 Å². The Hall–Kier alpha value is -1.26. The van der Waals surface area contributed by atoms with E-state index in [0.29, 0.717) is 0 Å². The maximum absolute atomic E-state index is 11.8. The first-order valence-corrected chi connectivity index (χ1v) is 6.50. The van der Waals surface area contributed by atoms with E-state index in [2.05, 4.69) is 4.90 Å². The summed E-state index contributed by atoms with van der Waals surface area (Å²) < 4.78 is 0. The van der Waals surface area contributed by atoms with Gasteiger partial charge in [-0.3, -0.25) is 4.79 Å². The predicted molar refractivity (Wildman–Crippen MR) is 73.9 cm³/mol. The topological polar surface area (TPSA) is 49.6 Å². The molecule has 0 saturated carbocycles. The maximum Gasteiger partial charge on any atom is 0.239 e. The number of halogens is 1. The zero-order chi connectivity index (χ0) is 13.1. The molecule has 0 bridgehead atoms. The Morgan fingerprint density at radius 2 is 1.78 bits per heavy atom. The molecule has 5 heteroatoms. The van der Waals surface area contributed by atoms with Crippen molar-refractivity contribution in [2.45, 2.75) is 13.0 Å². The fourth-order valence-electron chi connectivity index (χ4n) is 2.12. The molecule has 1 aromatic carbocycles. The van der Waals surface area contributed by atoms with Gasteiger partial charge in [-0.2, -0.15) is 0 Å². The molecule has 1 atom stereocenters. The molecule has 0 aromatic heterocycles. The van der Waals surface area contributed by atoms with Crippen LogP contribution in [0.2, 0.25) is 5.02 Å². The molecular formula is C13H18ClN3O. The molecule has 1 fully saturated rings. The highest BCUT2D eigenvalue weighted by molar-refractivity contribution is 6.30. The number of amides is 1. The zero-order valence-electron chi connectivity index (χ0n) is 10.5. The van der Waals surface area contributed by atoms with E-state index in [1.54, 1.807) is 6.92 Å². The van der Waals surface area contributed by atoms with Crippen LogP contribution < -0.4 is 10.6 Å². The van der Waals surface area contributed by atoms with E-state index in [1.165, 1.54) is 0 Å². The van der Waals surface area contributed by atoms with E-state index >= 15 is 0 Å². The maximum atomic E-state index is 11.8. The molecule has 1 aromatic rings. The molecule has 0 unspecified atom stereocenters. The zero-order valence-corrected chi connectivity index (χ0v) is 11.2. The van der Waals surface area contributed by atoms with Gasteiger partial charge in [0.1, 0.15) is 0 Å². The molecule has 1 aliphatic rings. The van der Waals surface area contributed by atoms with Gasteiger partial charge in [-0.25, -0.2) is 0 Å². The van der Waals surface area contributed by atoms with Crippen LogP contribution in [0.25, 0.3) is 0 Å². The summed E-state index contributed by atoms with van der Waals surface area (Å²) in [6, 6.07) is 7.37. The summed E-state index contributed by atoms with van der Waals surface area (Å²) >= 11 is 5.86. The largest absolute Gasteiger partial charge is 0.368 e. The van der Waals surface area contributed by atoms with Crippen LogP contribution in [-0.4, -0.2) is 43.0 Å². The van der Waals surface area contributed by atoms with Crippen LogP contribution in [0, 0.1) is 0 Å². The number of anilines is 1. The van der Waals surface area contributed by atoms with Crippen molar-refractivity contribution < 1.29 is 4.79 Å². The van der Waals surface area contributed by atoms with E-state index in [-0.39, 0.29) is 5.91 Å². The van der Waals surface area contributed by atoms with Crippen molar-refractivity contribution in [3.63, 3.8) is 0 Å². The number of rotatable bonds is 2. The number of carbonyl (C=O) groups excluding carboxylic acids is 1. The monoisotopic (exact) mass is 267 g/mol. The van der Waals surface area contributed by atoms with Gasteiger partial charge in [0, 0.05) is 36.9 Å². The van der Waals surface area contributed by atoms with Gasteiger partial charge in [-0.1, -0.05) is 11.6 Å². The molecule has 18 heavy (non-hydrogen) atoms. The minimum absolute atomic E-state index is 0.0331. The molecule has 2 rings (SSSR count). The smallest absolute Gasteiger partial charge is 0.239 e. The third-order valence-electron chi connectivity index (χ3n) is 3.17. The lowest BCUT2D eigenvalue weighted by Gasteiger charge is -2.36. The molecule has 4 nitrogen and oxygen atoms in total. The Labute approximate surface area is 112 Å². The van der Waals surface area contributed by atoms with E-state index in [4.69, 9.17) is 17.3 Å². The first-order valence-electron chi connectivity index (χ1n) is 6.13. The molecule has 1 amide bonds. The summed E-state index contributed by atoms with van der Waals surface area (Å²) in [6.45, 7) is 4.85. The summed E-state index contributed by atoms with van der Waals surface area (Å²) in [5, 5.41) is 0.740. The van der Waals surface area contributed by atoms with E-state index in [0.717, 1.165) is 36.9 Å². The number of hydrogen-bond donors (Lipinski definition) is 1. The number of piperazine rings is 1. The number of carbonyl (C=O) groups is 1. The van der Waals surface area contributed by atoms with Crippen molar-refractivity contribution in [3.8, 4) is 0 Å². The molecule has 2 N–H and O–H groups in total. The van der Waals surface area contributed by atoms with Crippen LogP contribution in [-0.2, 0) is 4.79 Å². The quantitative estimate of drug-likeness (QED) is 0.880. The highest BCUT2D eigenvalue weighted by atomic mass is 35.5. The van der Waals surface area contributed by atoms with Crippen molar-refractivity contribution in [2.24, 2.45) is 5.73 Å². The summed E-state index contributed by atoms with van der Waals surface area (Å²) in [6.07, 6.45) is 0. The van der Waals surface area contributed by atoms with Gasteiger partial charge in [0.15, 0.2) is 0 Å². The fourth-order valence-corrected chi connectivity index (χ4v) is 2.25. The molecule has 0 spiro atoms. The summed E-state index contributed by atoms with van der Waals surface area (Å²) in [5.41, 5.74) is 6.76. The Morgan fingerprint density at radius 1 is 1.22 bits per heavy atom. The third-order valence-corrected chi connectivity index (χ3v) is 3.42. The normalized spacial score (nSPS) is 17.7. The second-order valence-electron chi connectivity index (χ2n) is 4.58. The van der Waals surface area contributed by atoms with E-state index in [1.807, 2.05) is 29.2 Å². The van der Waals surface area contributed by atoms with E-state index < -0.39 is 6.04 Å². The molecule has 1 heterocycles. The molecule has 98 valence electrons.